The van der Waals surface area contributed by atoms with E-state index in [1.54, 1.807) is 6.92 Å². The Kier molecular flexibility index (Phi) is 6.42. The number of para-hydroxylation sites is 1. The summed E-state index contributed by atoms with van der Waals surface area (Å²) in [4.78, 5) is 22.7. The molecule has 0 heterocycles. The number of rotatable bonds is 7. The molecule has 0 aliphatic rings. The monoisotopic (exact) mass is 314 g/mol. The van der Waals surface area contributed by atoms with E-state index in [1.165, 1.54) is 18.2 Å². The van der Waals surface area contributed by atoms with E-state index < -0.39 is 10.8 Å². The third kappa shape index (κ3) is 4.90. The van der Waals surface area contributed by atoms with E-state index in [1.807, 2.05) is 13.8 Å². The van der Waals surface area contributed by atoms with E-state index in [9.17, 15) is 14.9 Å². The van der Waals surface area contributed by atoms with Gasteiger partial charge in [0, 0.05) is 17.5 Å². The molecule has 0 bridgehead atoms. The maximum absolute atomic E-state index is 12.3. The van der Waals surface area contributed by atoms with Crippen molar-refractivity contribution in [2.45, 2.75) is 38.6 Å². The second kappa shape index (κ2) is 7.83. The zero-order valence-electron chi connectivity index (χ0n) is 12.3. The average Bonchev–Trinajstić information content (AvgIpc) is 2.37. The predicted octanol–water partition coefficient (Wildman–Crippen LogP) is 3.13. The molecule has 0 radical (unpaired) electrons. The number of amides is 1. The molecule has 0 aliphatic heterocycles. The number of ether oxygens (including phenoxy) is 1. The van der Waals surface area contributed by atoms with Gasteiger partial charge in [-0.25, -0.2) is 0 Å². The van der Waals surface area contributed by atoms with E-state index in [0.717, 1.165) is 0 Å². The Morgan fingerprint density at radius 2 is 2.14 bits per heavy atom. The minimum atomic E-state index is -0.563. The maximum atomic E-state index is 12.3. The highest BCUT2D eigenvalue weighted by Crippen LogP contribution is 2.31. The molecule has 0 saturated carbocycles. The zero-order chi connectivity index (χ0) is 16.0. The van der Waals surface area contributed by atoms with Gasteiger partial charge in [-0.1, -0.05) is 6.07 Å². The fourth-order valence-electron chi connectivity index (χ4n) is 1.99. The number of nitro benzene ring substituents is 1. The van der Waals surface area contributed by atoms with Crippen LogP contribution < -0.4 is 10.1 Å². The highest BCUT2D eigenvalue weighted by molar-refractivity contribution is 6.20. The van der Waals surface area contributed by atoms with Gasteiger partial charge < -0.3 is 10.1 Å². The van der Waals surface area contributed by atoms with Gasteiger partial charge in [-0.05, 0) is 33.3 Å². The van der Waals surface area contributed by atoms with Crippen LogP contribution >= 0.6 is 11.6 Å². The Hall–Kier alpha value is -1.82. The normalized spacial score (nSPS) is 13.3. The molecule has 1 amide bonds. The molecule has 0 spiro atoms. The molecule has 21 heavy (non-hydrogen) atoms. The molecule has 6 nitrogen and oxygen atoms in total. The smallest absolute Gasteiger partial charge is 0.311 e. The molecule has 1 aromatic carbocycles. The number of alkyl halides is 1. The summed E-state index contributed by atoms with van der Waals surface area (Å²) in [5.41, 5.74) is -0.0667. The third-order valence-corrected chi connectivity index (χ3v) is 2.96. The Balaban J connectivity index is 3.03. The summed E-state index contributed by atoms with van der Waals surface area (Å²) in [6.07, 6.45) is 0.603. The number of nitrogens with zero attached hydrogens (tertiary/aromatic N) is 1. The largest absolute Gasteiger partial charge is 0.487 e. The molecular weight excluding hydrogens is 296 g/mol. The van der Waals surface area contributed by atoms with Gasteiger partial charge in [0.2, 0.25) is 5.75 Å². The SMILES string of the molecule is CCOc1c(C(=O)NC(C)CC(C)Cl)cccc1[N+](=O)[O-]. The van der Waals surface area contributed by atoms with Crippen molar-refractivity contribution in [3.8, 4) is 5.75 Å². The second-order valence-corrected chi connectivity index (χ2v) is 5.48. The van der Waals surface area contributed by atoms with Gasteiger partial charge in [0.25, 0.3) is 5.91 Å². The van der Waals surface area contributed by atoms with Gasteiger partial charge >= 0.3 is 5.69 Å². The van der Waals surface area contributed by atoms with Crippen molar-refractivity contribution in [2.75, 3.05) is 6.61 Å². The van der Waals surface area contributed by atoms with E-state index in [4.69, 9.17) is 16.3 Å². The number of carbonyl (C=O) groups is 1. The Morgan fingerprint density at radius 3 is 2.67 bits per heavy atom. The average molecular weight is 315 g/mol. The van der Waals surface area contributed by atoms with Crippen LogP contribution in [0.5, 0.6) is 5.75 Å². The lowest BCUT2D eigenvalue weighted by Gasteiger charge is -2.16. The van der Waals surface area contributed by atoms with Crippen LogP contribution in [0.3, 0.4) is 0 Å². The fraction of sp³-hybridized carbons (Fsp3) is 0.500. The first-order valence-electron chi connectivity index (χ1n) is 6.71. The molecule has 1 N–H and O–H groups in total. The number of hydrogen-bond acceptors (Lipinski definition) is 4. The number of carbonyl (C=O) groups excluding carboxylic acids is 1. The molecule has 0 aliphatic carbocycles. The quantitative estimate of drug-likeness (QED) is 0.476. The van der Waals surface area contributed by atoms with E-state index in [0.29, 0.717) is 6.42 Å². The van der Waals surface area contributed by atoms with Crippen LogP contribution in [0.4, 0.5) is 5.69 Å². The van der Waals surface area contributed by atoms with E-state index in [-0.39, 0.29) is 35.0 Å². The number of nitrogens with one attached hydrogen (secondary N) is 1. The van der Waals surface area contributed by atoms with E-state index in [2.05, 4.69) is 5.32 Å². The summed E-state index contributed by atoms with van der Waals surface area (Å²) in [6.45, 7) is 5.60. The van der Waals surface area contributed by atoms with Gasteiger partial charge in [-0.2, -0.15) is 0 Å². The number of nitro groups is 1. The molecular formula is C14H19ClN2O4. The first-order chi connectivity index (χ1) is 9.86. The first-order valence-corrected chi connectivity index (χ1v) is 7.15. The zero-order valence-corrected chi connectivity index (χ0v) is 13.0. The van der Waals surface area contributed by atoms with Crippen molar-refractivity contribution in [3.05, 3.63) is 33.9 Å². The molecule has 116 valence electrons. The highest BCUT2D eigenvalue weighted by atomic mass is 35.5. The molecule has 1 rings (SSSR count). The minimum Gasteiger partial charge on any atom is -0.487 e. The third-order valence-electron chi connectivity index (χ3n) is 2.78. The molecule has 2 atom stereocenters. The van der Waals surface area contributed by atoms with Crippen LogP contribution in [0.25, 0.3) is 0 Å². The Labute approximate surface area is 128 Å². The molecule has 0 saturated heterocycles. The lowest BCUT2D eigenvalue weighted by molar-refractivity contribution is -0.385. The Bertz CT molecular complexity index is 520. The van der Waals surface area contributed by atoms with Crippen LogP contribution in [-0.2, 0) is 0 Å². The fourth-order valence-corrected chi connectivity index (χ4v) is 2.26. The maximum Gasteiger partial charge on any atom is 0.311 e. The van der Waals surface area contributed by atoms with Crippen molar-refractivity contribution in [1.82, 2.24) is 5.32 Å². The predicted molar refractivity (Wildman–Crippen MR) is 81.1 cm³/mol. The van der Waals surface area contributed by atoms with Crippen LogP contribution in [0, 0.1) is 10.1 Å². The molecule has 2 unspecified atom stereocenters. The van der Waals surface area contributed by atoms with Gasteiger partial charge in [-0.15, -0.1) is 11.6 Å². The second-order valence-electron chi connectivity index (χ2n) is 4.73. The summed E-state index contributed by atoms with van der Waals surface area (Å²) in [5.74, 6) is -0.416. The van der Waals surface area contributed by atoms with Crippen LogP contribution in [0.1, 0.15) is 37.6 Å². The van der Waals surface area contributed by atoms with Crippen molar-refractivity contribution < 1.29 is 14.5 Å². The molecule has 0 aromatic heterocycles. The van der Waals surface area contributed by atoms with Crippen LogP contribution in [0.2, 0.25) is 0 Å². The summed E-state index contributed by atoms with van der Waals surface area (Å²) < 4.78 is 5.28. The van der Waals surface area contributed by atoms with Crippen molar-refractivity contribution in [3.63, 3.8) is 0 Å². The Morgan fingerprint density at radius 1 is 1.48 bits per heavy atom. The van der Waals surface area contributed by atoms with Gasteiger partial charge in [0.05, 0.1) is 17.1 Å². The summed E-state index contributed by atoms with van der Waals surface area (Å²) in [5, 5.41) is 13.7. The minimum absolute atomic E-state index is 0.00591. The number of hydrogen-bond donors (Lipinski definition) is 1. The topological polar surface area (TPSA) is 81.5 Å². The summed E-state index contributed by atoms with van der Waals surface area (Å²) in [7, 11) is 0. The molecule has 1 aromatic rings. The molecule has 0 fully saturated rings. The van der Waals surface area contributed by atoms with Gasteiger partial charge in [0.15, 0.2) is 0 Å². The first kappa shape index (κ1) is 17.2. The highest BCUT2D eigenvalue weighted by Gasteiger charge is 2.23. The van der Waals surface area contributed by atoms with Crippen molar-refractivity contribution in [1.29, 1.82) is 0 Å². The van der Waals surface area contributed by atoms with Crippen LogP contribution in [0.15, 0.2) is 18.2 Å². The number of halogens is 1. The molecule has 7 heteroatoms. The number of benzene rings is 1. The lowest BCUT2D eigenvalue weighted by atomic mass is 10.1. The lowest BCUT2D eigenvalue weighted by Crippen LogP contribution is -2.34. The summed E-state index contributed by atoms with van der Waals surface area (Å²) in [6, 6.07) is 4.14. The van der Waals surface area contributed by atoms with Crippen LogP contribution in [-0.4, -0.2) is 28.9 Å². The standard InChI is InChI=1S/C14H19ClN2O4/c1-4-21-13-11(6-5-7-12(13)17(19)20)14(18)16-10(3)8-9(2)15/h5-7,9-10H,4,8H2,1-3H3,(H,16,18). The van der Waals surface area contributed by atoms with Crippen molar-refractivity contribution in [2.24, 2.45) is 0 Å². The summed E-state index contributed by atoms with van der Waals surface area (Å²) >= 11 is 5.88. The van der Waals surface area contributed by atoms with Crippen molar-refractivity contribution >= 4 is 23.2 Å². The van der Waals surface area contributed by atoms with Gasteiger partial charge in [0.1, 0.15) is 0 Å². The van der Waals surface area contributed by atoms with Gasteiger partial charge in [-0.3, -0.25) is 14.9 Å². The van der Waals surface area contributed by atoms with E-state index >= 15 is 0 Å².